The van der Waals surface area contributed by atoms with Crippen molar-refractivity contribution in [2.45, 2.75) is 39.2 Å². The molecule has 4 heteroatoms. The summed E-state index contributed by atoms with van der Waals surface area (Å²) in [6.07, 6.45) is 0. The Morgan fingerprint density at radius 2 is 1.78 bits per heavy atom. The standard InChI is InChI=1S/C14H19N3O/c1-9(2)10-5-7-11(8-6-10)12-16-13(18-17-12)14(3,4)15/h5-9H,15H2,1-4H3. The smallest absolute Gasteiger partial charge is 0.246 e. The number of hydrogen-bond acceptors (Lipinski definition) is 4. The average Bonchev–Trinajstić information content (AvgIpc) is 2.78. The number of benzene rings is 1. The van der Waals surface area contributed by atoms with Gasteiger partial charge in [0.1, 0.15) is 0 Å². The Hall–Kier alpha value is -1.68. The minimum Gasteiger partial charge on any atom is -0.337 e. The van der Waals surface area contributed by atoms with Gasteiger partial charge in [0.05, 0.1) is 5.54 Å². The first-order valence-corrected chi connectivity index (χ1v) is 6.11. The maximum atomic E-state index is 5.92. The molecule has 0 amide bonds. The topological polar surface area (TPSA) is 64.9 Å². The average molecular weight is 245 g/mol. The molecule has 0 saturated carbocycles. The van der Waals surface area contributed by atoms with Gasteiger partial charge in [0, 0.05) is 5.56 Å². The highest BCUT2D eigenvalue weighted by molar-refractivity contribution is 5.54. The van der Waals surface area contributed by atoms with Crippen molar-refractivity contribution in [3.8, 4) is 11.4 Å². The van der Waals surface area contributed by atoms with Crippen molar-refractivity contribution in [1.29, 1.82) is 0 Å². The Bertz CT molecular complexity index is 521. The molecule has 0 bridgehead atoms. The molecule has 0 unspecified atom stereocenters. The fourth-order valence-electron chi connectivity index (χ4n) is 1.62. The van der Waals surface area contributed by atoms with Crippen LogP contribution < -0.4 is 5.73 Å². The van der Waals surface area contributed by atoms with E-state index in [1.165, 1.54) is 5.56 Å². The second-order valence-corrected chi connectivity index (χ2v) is 5.42. The zero-order valence-electron chi connectivity index (χ0n) is 11.3. The van der Waals surface area contributed by atoms with Gasteiger partial charge in [0.15, 0.2) is 0 Å². The first kappa shape index (κ1) is 12.8. The van der Waals surface area contributed by atoms with Gasteiger partial charge in [-0.1, -0.05) is 43.3 Å². The maximum Gasteiger partial charge on any atom is 0.246 e. The van der Waals surface area contributed by atoms with E-state index < -0.39 is 5.54 Å². The second kappa shape index (κ2) is 4.53. The van der Waals surface area contributed by atoms with Crippen LogP contribution in [0.2, 0.25) is 0 Å². The third-order valence-corrected chi connectivity index (χ3v) is 2.81. The summed E-state index contributed by atoms with van der Waals surface area (Å²) in [5, 5.41) is 3.96. The molecule has 4 nitrogen and oxygen atoms in total. The Morgan fingerprint density at radius 3 is 2.22 bits per heavy atom. The molecule has 2 rings (SSSR count). The van der Waals surface area contributed by atoms with Gasteiger partial charge in [-0.05, 0) is 25.3 Å². The molecule has 0 saturated heterocycles. The number of hydrogen-bond donors (Lipinski definition) is 1. The van der Waals surface area contributed by atoms with Crippen LogP contribution in [0.15, 0.2) is 28.8 Å². The summed E-state index contributed by atoms with van der Waals surface area (Å²) in [6, 6.07) is 8.19. The Morgan fingerprint density at radius 1 is 1.17 bits per heavy atom. The quantitative estimate of drug-likeness (QED) is 0.902. The summed E-state index contributed by atoms with van der Waals surface area (Å²) < 4.78 is 5.18. The van der Waals surface area contributed by atoms with Crippen molar-refractivity contribution >= 4 is 0 Å². The van der Waals surface area contributed by atoms with E-state index in [0.29, 0.717) is 17.6 Å². The van der Waals surface area contributed by atoms with Gasteiger partial charge in [-0.25, -0.2) is 0 Å². The van der Waals surface area contributed by atoms with E-state index in [4.69, 9.17) is 10.3 Å². The molecule has 1 aromatic carbocycles. The Labute approximate surface area is 107 Å². The SMILES string of the molecule is CC(C)c1ccc(-c2noc(C(C)(C)N)n2)cc1. The highest BCUT2D eigenvalue weighted by Gasteiger charge is 2.22. The van der Waals surface area contributed by atoms with Crippen LogP contribution >= 0.6 is 0 Å². The monoisotopic (exact) mass is 245 g/mol. The largest absolute Gasteiger partial charge is 0.337 e. The summed E-state index contributed by atoms with van der Waals surface area (Å²) in [6.45, 7) is 8.01. The summed E-state index contributed by atoms with van der Waals surface area (Å²) in [7, 11) is 0. The lowest BCUT2D eigenvalue weighted by Crippen LogP contribution is -2.28. The fraction of sp³-hybridized carbons (Fsp3) is 0.429. The van der Waals surface area contributed by atoms with Crippen LogP contribution in [0.25, 0.3) is 11.4 Å². The van der Waals surface area contributed by atoms with Gasteiger partial charge in [-0.2, -0.15) is 4.98 Å². The van der Waals surface area contributed by atoms with E-state index >= 15 is 0 Å². The molecule has 0 spiro atoms. The normalized spacial score (nSPS) is 12.1. The molecule has 1 aromatic heterocycles. The van der Waals surface area contributed by atoms with Crippen molar-refractivity contribution in [3.05, 3.63) is 35.7 Å². The minimum atomic E-state index is -0.608. The highest BCUT2D eigenvalue weighted by atomic mass is 16.5. The van der Waals surface area contributed by atoms with Gasteiger partial charge >= 0.3 is 0 Å². The first-order valence-electron chi connectivity index (χ1n) is 6.11. The second-order valence-electron chi connectivity index (χ2n) is 5.42. The molecule has 0 aliphatic heterocycles. The molecule has 1 heterocycles. The first-order chi connectivity index (χ1) is 8.38. The van der Waals surface area contributed by atoms with Gasteiger partial charge in [-0.15, -0.1) is 0 Å². The summed E-state index contributed by atoms with van der Waals surface area (Å²) >= 11 is 0. The lowest BCUT2D eigenvalue weighted by molar-refractivity contribution is 0.312. The van der Waals surface area contributed by atoms with Crippen molar-refractivity contribution in [1.82, 2.24) is 10.1 Å². The molecule has 0 atom stereocenters. The summed E-state index contributed by atoms with van der Waals surface area (Å²) in [4.78, 5) is 4.32. The van der Waals surface area contributed by atoms with Crippen molar-refractivity contribution in [2.24, 2.45) is 5.73 Å². The number of aromatic nitrogens is 2. The summed E-state index contributed by atoms with van der Waals surface area (Å²) in [5.74, 6) is 1.55. The zero-order valence-corrected chi connectivity index (χ0v) is 11.3. The van der Waals surface area contributed by atoms with Crippen molar-refractivity contribution in [3.63, 3.8) is 0 Å². The van der Waals surface area contributed by atoms with Crippen LogP contribution in [0.1, 0.15) is 45.1 Å². The number of rotatable bonds is 3. The molecule has 0 aliphatic rings. The molecular weight excluding hydrogens is 226 g/mol. The maximum absolute atomic E-state index is 5.92. The predicted molar refractivity (Wildman–Crippen MR) is 71.0 cm³/mol. The molecule has 0 radical (unpaired) electrons. The van der Waals surface area contributed by atoms with Gasteiger partial charge in [-0.3, -0.25) is 0 Å². The van der Waals surface area contributed by atoms with E-state index in [1.807, 2.05) is 26.0 Å². The van der Waals surface area contributed by atoms with Crippen LogP contribution in [-0.2, 0) is 5.54 Å². The molecule has 18 heavy (non-hydrogen) atoms. The third-order valence-electron chi connectivity index (χ3n) is 2.81. The lowest BCUT2D eigenvalue weighted by atomic mass is 10.0. The minimum absolute atomic E-state index is 0.449. The van der Waals surface area contributed by atoms with Gasteiger partial charge in [0.25, 0.3) is 0 Å². The van der Waals surface area contributed by atoms with Gasteiger partial charge in [0.2, 0.25) is 11.7 Å². The molecular formula is C14H19N3O. The predicted octanol–water partition coefficient (Wildman–Crippen LogP) is 3.05. The van der Waals surface area contributed by atoms with Gasteiger partial charge < -0.3 is 10.3 Å². The zero-order chi connectivity index (χ0) is 13.3. The van der Waals surface area contributed by atoms with E-state index in [2.05, 4.69) is 36.1 Å². The molecule has 0 aliphatic carbocycles. The number of nitrogens with two attached hydrogens (primary N) is 1. The molecule has 2 N–H and O–H groups in total. The van der Waals surface area contributed by atoms with E-state index in [1.54, 1.807) is 0 Å². The van der Waals surface area contributed by atoms with Crippen LogP contribution in [0.5, 0.6) is 0 Å². The van der Waals surface area contributed by atoms with E-state index in [0.717, 1.165) is 5.56 Å². The third kappa shape index (κ3) is 2.59. The van der Waals surface area contributed by atoms with Crippen LogP contribution in [0, 0.1) is 0 Å². The molecule has 0 fully saturated rings. The fourth-order valence-corrected chi connectivity index (χ4v) is 1.62. The van der Waals surface area contributed by atoms with Crippen LogP contribution in [-0.4, -0.2) is 10.1 Å². The molecule has 2 aromatic rings. The Kier molecular flexibility index (Phi) is 3.22. The van der Waals surface area contributed by atoms with Crippen LogP contribution in [0.3, 0.4) is 0 Å². The van der Waals surface area contributed by atoms with E-state index in [9.17, 15) is 0 Å². The molecule has 96 valence electrons. The number of nitrogens with zero attached hydrogens (tertiary/aromatic N) is 2. The van der Waals surface area contributed by atoms with Crippen molar-refractivity contribution in [2.75, 3.05) is 0 Å². The Balaban J connectivity index is 2.29. The summed E-state index contributed by atoms with van der Waals surface area (Å²) in [5.41, 5.74) is 7.54. The van der Waals surface area contributed by atoms with E-state index in [-0.39, 0.29) is 0 Å². The van der Waals surface area contributed by atoms with Crippen LogP contribution in [0.4, 0.5) is 0 Å². The lowest BCUT2D eigenvalue weighted by Gasteiger charge is -2.10. The highest BCUT2D eigenvalue weighted by Crippen LogP contribution is 2.22. The van der Waals surface area contributed by atoms with Crippen molar-refractivity contribution < 1.29 is 4.52 Å².